The van der Waals surface area contributed by atoms with Crippen LogP contribution in [0, 0.1) is 0 Å². The number of amides is 1. The molecule has 0 saturated carbocycles. The number of carbonyl (C=O) groups is 1. The molecule has 0 N–H and O–H groups in total. The molecule has 0 fully saturated rings. The van der Waals surface area contributed by atoms with Crippen LogP contribution >= 0.6 is 11.6 Å². The molecule has 26 heavy (non-hydrogen) atoms. The van der Waals surface area contributed by atoms with Gasteiger partial charge >= 0.3 is 0 Å². The molecule has 0 unspecified atom stereocenters. The normalized spacial score (nSPS) is 11.0. The van der Waals surface area contributed by atoms with Gasteiger partial charge in [0.1, 0.15) is 5.82 Å². The largest absolute Gasteiger partial charge is 0.345 e. The highest BCUT2D eigenvalue weighted by molar-refractivity contribution is 6.33. The maximum Gasteiger partial charge on any atom is 0.254 e. The lowest BCUT2D eigenvalue weighted by molar-refractivity contribution is 0.0827. The minimum absolute atomic E-state index is 0.156. The number of carbonyl (C=O) groups excluding carboxylic acids is 1. The first-order valence-electron chi connectivity index (χ1n) is 7.90. The molecule has 4 aromatic rings. The van der Waals surface area contributed by atoms with Crippen LogP contribution < -0.4 is 0 Å². The summed E-state index contributed by atoms with van der Waals surface area (Å²) >= 11 is 6.22. The van der Waals surface area contributed by atoms with Crippen LogP contribution in [0.3, 0.4) is 0 Å². The van der Waals surface area contributed by atoms with Crippen molar-refractivity contribution in [2.45, 2.75) is 0 Å². The van der Waals surface area contributed by atoms with Gasteiger partial charge in [-0.15, -0.1) is 0 Å². The molecule has 1 amide bonds. The van der Waals surface area contributed by atoms with Gasteiger partial charge in [0.2, 0.25) is 0 Å². The van der Waals surface area contributed by atoms with Gasteiger partial charge in [0.25, 0.3) is 5.91 Å². The number of hydrogen-bond donors (Lipinski definition) is 0. The molecule has 0 saturated heterocycles. The molecule has 0 aliphatic carbocycles. The first-order chi connectivity index (χ1) is 12.6. The van der Waals surface area contributed by atoms with E-state index >= 15 is 0 Å². The predicted molar refractivity (Wildman–Crippen MR) is 98.6 cm³/mol. The van der Waals surface area contributed by atoms with Crippen LogP contribution in [0.5, 0.6) is 0 Å². The van der Waals surface area contributed by atoms with Crippen LogP contribution in [0.15, 0.2) is 55.2 Å². The zero-order chi connectivity index (χ0) is 18.3. The van der Waals surface area contributed by atoms with Crippen molar-refractivity contribution in [2.24, 2.45) is 0 Å². The maximum atomic E-state index is 12.4. The van der Waals surface area contributed by atoms with E-state index in [2.05, 4.69) is 15.1 Å². The SMILES string of the molecule is CN(C)C(=O)c1cc(-n2ccnc2-c2cnn3cccnc23)ccc1Cl. The van der Waals surface area contributed by atoms with E-state index in [1.54, 1.807) is 49.3 Å². The van der Waals surface area contributed by atoms with Crippen LogP contribution in [-0.4, -0.2) is 49.1 Å². The molecule has 0 aliphatic rings. The molecule has 3 heterocycles. The monoisotopic (exact) mass is 366 g/mol. The summed E-state index contributed by atoms with van der Waals surface area (Å²) < 4.78 is 3.58. The van der Waals surface area contributed by atoms with E-state index in [1.807, 2.05) is 29.1 Å². The number of nitrogens with zero attached hydrogens (tertiary/aromatic N) is 6. The predicted octanol–water partition coefficient (Wildman–Crippen LogP) is 2.94. The van der Waals surface area contributed by atoms with E-state index in [1.165, 1.54) is 4.90 Å². The van der Waals surface area contributed by atoms with Gasteiger partial charge in [-0.2, -0.15) is 5.10 Å². The molecule has 7 nitrogen and oxygen atoms in total. The second kappa shape index (κ2) is 6.27. The fourth-order valence-electron chi connectivity index (χ4n) is 2.76. The van der Waals surface area contributed by atoms with Crippen molar-refractivity contribution in [3.8, 4) is 17.1 Å². The van der Waals surface area contributed by atoms with E-state index in [4.69, 9.17) is 11.6 Å². The highest BCUT2D eigenvalue weighted by atomic mass is 35.5. The van der Waals surface area contributed by atoms with Crippen molar-refractivity contribution in [1.82, 2.24) is 29.0 Å². The zero-order valence-electron chi connectivity index (χ0n) is 14.2. The molecule has 0 spiro atoms. The molecule has 0 radical (unpaired) electrons. The summed E-state index contributed by atoms with van der Waals surface area (Å²) in [7, 11) is 3.39. The number of benzene rings is 1. The molecule has 0 aliphatic heterocycles. The van der Waals surface area contributed by atoms with Crippen molar-refractivity contribution >= 4 is 23.2 Å². The van der Waals surface area contributed by atoms with E-state index in [0.29, 0.717) is 22.1 Å². The molecule has 0 atom stereocenters. The van der Waals surface area contributed by atoms with Gasteiger partial charge in [-0.3, -0.25) is 9.36 Å². The van der Waals surface area contributed by atoms with E-state index in [0.717, 1.165) is 11.3 Å². The number of halogens is 1. The average molecular weight is 367 g/mol. The summed E-state index contributed by atoms with van der Waals surface area (Å²) in [5.74, 6) is 0.528. The van der Waals surface area contributed by atoms with Crippen molar-refractivity contribution in [3.63, 3.8) is 0 Å². The second-order valence-electron chi connectivity index (χ2n) is 5.93. The Kier molecular flexibility index (Phi) is 3.93. The third kappa shape index (κ3) is 2.62. The molecule has 130 valence electrons. The van der Waals surface area contributed by atoms with Gasteiger partial charge in [0, 0.05) is 44.6 Å². The fraction of sp³-hybridized carbons (Fsp3) is 0.111. The van der Waals surface area contributed by atoms with E-state index in [9.17, 15) is 4.79 Å². The van der Waals surface area contributed by atoms with Gasteiger partial charge in [-0.05, 0) is 24.3 Å². The Hall–Kier alpha value is -3.19. The molecule has 4 rings (SSSR count). The van der Waals surface area contributed by atoms with Crippen LogP contribution in [-0.2, 0) is 0 Å². The molecular weight excluding hydrogens is 352 g/mol. The lowest BCUT2D eigenvalue weighted by Crippen LogP contribution is -2.22. The Balaban J connectivity index is 1.86. The Morgan fingerprint density at radius 2 is 2.00 bits per heavy atom. The zero-order valence-corrected chi connectivity index (χ0v) is 14.9. The van der Waals surface area contributed by atoms with Crippen molar-refractivity contribution in [1.29, 1.82) is 0 Å². The summed E-state index contributed by atoms with van der Waals surface area (Å²) in [6.45, 7) is 0. The first-order valence-corrected chi connectivity index (χ1v) is 8.27. The summed E-state index contributed by atoms with van der Waals surface area (Å²) in [4.78, 5) is 22.7. The lowest BCUT2D eigenvalue weighted by Gasteiger charge is -2.14. The molecule has 1 aromatic carbocycles. The molecule has 0 bridgehead atoms. The molecular formula is C18H15ClN6O. The Morgan fingerprint density at radius 1 is 1.15 bits per heavy atom. The van der Waals surface area contributed by atoms with Gasteiger partial charge in [-0.25, -0.2) is 14.5 Å². The lowest BCUT2D eigenvalue weighted by atomic mass is 10.1. The highest BCUT2D eigenvalue weighted by Gasteiger charge is 2.17. The minimum atomic E-state index is -0.156. The van der Waals surface area contributed by atoms with Crippen LogP contribution in [0.2, 0.25) is 5.02 Å². The highest BCUT2D eigenvalue weighted by Crippen LogP contribution is 2.27. The molecule has 8 heteroatoms. The quantitative estimate of drug-likeness (QED) is 0.559. The summed E-state index contributed by atoms with van der Waals surface area (Å²) in [6.07, 6.45) is 8.79. The molecule has 3 aromatic heterocycles. The third-order valence-electron chi connectivity index (χ3n) is 4.03. The van der Waals surface area contributed by atoms with Gasteiger partial charge in [0.05, 0.1) is 22.3 Å². The summed E-state index contributed by atoms with van der Waals surface area (Å²) in [5, 5.41) is 4.72. The second-order valence-corrected chi connectivity index (χ2v) is 6.34. The van der Waals surface area contributed by atoms with Crippen molar-refractivity contribution in [3.05, 3.63) is 65.8 Å². The number of hydrogen-bond acceptors (Lipinski definition) is 4. The van der Waals surface area contributed by atoms with Crippen LogP contribution in [0.25, 0.3) is 22.7 Å². The van der Waals surface area contributed by atoms with Gasteiger partial charge in [0.15, 0.2) is 5.65 Å². The number of imidazole rings is 1. The maximum absolute atomic E-state index is 12.4. The smallest absolute Gasteiger partial charge is 0.254 e. The third-order valence-corrected chi connectivity index (χ3v) is 4.36. The van der Waals surface area contributed by atoms with Crippen molar-refractivity contribution < 1.29 is 4.79 Å². The summed E-state index contributed by atoms with van der Waals surface area (Å²) in [6, 6.07) is 7.13. The Morgan fingerprint density at radius 3 is 2.81 bits per heavy atom. The number of fused-ring (bicyclic) bond motifs is 1. The number of aromatic nitrogens is 5. The van der Waals surface area contributed by atoms with Crippen LogP contribution in [0.4, 0.5) is 0 Å². The Labute approximate surface area is 154 Å². The minimum Gasteiger partial charge on any atom is -0.345 e. The summed E-state index contributed by atoms with van der Waals surface area (Å²) in [5.41, 5.74) is 2.72. The fourth-order valence-corrected chi connectivity index (χ4v) is 2.96. The topological polar surface area (TPSA) is 68.3 Å². The van der Waals surface area contributed by atoms with E-state index < -0.39 is 0 Å². The van der Waals surface area contributed by atoms with Crippen molar-refractivity contribution in [2.75, 3.05) is 14.1 Å². The van der Waals surface area contributed by atoms with E-state index in [-0.39, 0.29) is 5.91 Å². The average Bonchev–Trinajstić information content (AvgIpc) is 3.27. The van der Waals surface area contributed by atoms with Crippen LogP contribution in [0.1, 0.15) is 10.4 Å². The number of rotatable bonds is 3. The standard InChI is InChI=1S/C18H15ClN6O/c1-23(2)18(26)13-10-12(4-5-15(13)19)24-9-7-21-16(24)14-11-22-25-8-3-6-20-17(14)25/h3-11H,1-2H3. The van der Waals surface area contributed by atoms with Gasteiger partial charge in [-0.1, -0.05) is 11.6 Å². The Bertz CT molecular complexity index is 1110. The first kappa shape index (κ1) is 16.3. The van der Waals surface area contributed by atoms with Gasteiger partial charge < -0.3 is 4.90 Å².